The number of hydrogen-bond acceptors (Lipinski definition) is 4. The Morgan fingerprint density at radius 2 is 1.86 bits per heavy atom. The lowest BCUT2D eigenvalue weighted by Gasteiger charge is -2.06. The fraction of sp³-hybridized carbons (Fsp3) is 0.133. The topological polar surface area (TPSA) is 55.6 Å². The third kappa shape index (κ3) is 3.03. The molecule has 5 nitrogen and oxygen atoms in total. The van der Waals surface area contributed by atoms with Crippen LogP contribution in [0.15, 0.2) is 43.0 Å². The number of rotatable bonds is 3. The number of anilines is 2. The molecule has 0 unspecified atom stereocenters. The molecule has 106 valence electrons. The average Bonchev–Trinajstić information content (AvgIpc) is 2.90. The van der Waals surface area contributed by atoms with E-state index in [2.05, 4.69) is 20.4 Å². The zero-order valence-electron chi connectivity index (χ0n) is 11.7. The zero-order valence-corrected chi connectivity index (χ0v) is 12.5. The summed E-state index contributed by atoms with van der Waals surface area (Å²) in [5.74, 6) is 0.546. The van der Waals surface area contributed by atoms with E-state index in [1.54, 1.807) is 23.3 Å². The number of benzene rings is 1. The summed E-state index contributed by atoms with van der Waals surface area (Å²) in [6.45, 7) is 1.96. The Hall–Kier alpha value is -2.40. The predicted octanol–water partition coefficient (Wildman–Crippen LogP) is 3.58. The summed E-state index contributed by atoms with van der Waals surface area (Å²) in [7, 11) is 1.88. The van der Waals surface area contributed by atoms with Crippen molar-refractivity contribution in [3.05, 3.63) is 53.6 Å². The smallest absolute Gasteiger partial charge is 0.227 e. The first-order valence-corrected chi connectivity index (χ1v) is 6.84. The van der Waals surface area contributed by atoms with Crippen LogP contribution in [-0.4, -0.2) is 19.7 Å². The van der Waals surface area contributed by atoms with E-state index in [0.29, 0.717) is 5.95 Å². The molecule has 1 aromatic carbocycles. The van der Waals surface area contributed by atoms with Crippen molar-refractivity contribution < 1.29 is 0 Å². The first kappa shape index (κ1) is 13.6. The van der Waals surface area contributed by atoms with Crippen LogP contribution in [0.25, 0.3) is 11.1 Å². The molecular formula is C15H14ClN5. The Bertz CT molecular complexity index is 764. The van der Waals surface area contributed by atoms with Gasteiger partial charge in [0.1, 0.15) is 0 Å². The van der Waals surface area contributed by atoms with Crippen molar-refractivity contribution in [2.75, 3.05) is 5.32 Å². The highest BCUT2D eigenvalue weighted by Crippen LogP contribution is 2.22. The minimum Gasteiger partial charge on any atom is -0.324 e. The quantitative estimate of drug-likeness (QED) is 0.803. The van der Waals surface area contributed by atoms with E-state index in [9.17, 15) is 0 Å². The first-order chi connectivity index (χ1) is 10.1. The van der Waals surface area contributed by atoms with Gasteiger partial charge in [-0.25, -0.2) is 9.97 Å². The van der Waals surface area contributed by atoms with Gasteiger partial charge in [0, 0.05) is 47.5 Å². The number of aryl methyl sites for hydroxylation is 2. The summed E-state index contributed by atoms with van der Waals surface area (Å²) < 4.78 is 1.75. The van der Waals surface area contributed by atoms with Gasteiger partial charge in [-0.05, 0) is 30.7 Å². The van der Waals surface area contributed by atoms with Gasteiger partial charge < -0.3 is 5.32 Å². The standard InChI is InChI=1S/C15H14ClN5/c1-10-5-13(3-4-14(10)16)20-15-17-6-11(7-18-15)12-8-19-21(2)9-12/h3-9H,1-2H3,(H,17,18,20). The van der Waals surface area contributed by atoms with Gasteiger partial charge in [0.15, 0.2) is 0 Å². The van der Waals surface area contributed by atoms with E-state index in [1.807, 2.05) is 38.4 Å². The predicted molar refractivity (Wildman–Crippen MR) is 83.7 cm³/mol. The van der Waals surface area contributed by atoms with E-state index in [1.165, 1.54) is 0 Å². The van der Waals surface area contributed by atoms with Crippen LogP contribution in [0.5, 0.6) is 0 Å². The van der Waals surface area contributed by atoms with E-state index < -0.39 is 0 Å². The molecule has 2 aromatic heterocycles. The average molecular weight is 300 g/mol. The molecule has 3 rings (SSSR count). The third-order valence-corrected chi connectivity index (χ3v) is 3.53. The van der Waals surface area contributed by atoms with Crippen LogP contribution in [0.4, 0.5) is 11.6 Å². The van der Waals surface area contributed by atoms with Crippen molar-refractivity contribution >= 4 is 23.2 Å². The highest BCUT2D eigenvalue weighted by molar-refractivity contribution is 6.31. The number of nitrogens with one attached hydrogen (secondary N) is 1. The summed E-state index contributed by atoms with van der Waals surface area (Å²) in [6.07, 6.45) is 7.26. The Morgan fingerprint density at radius 1 is 1.10 bits per heavy atom. The molecule has 1 N–H and O–H groups in total. The highest BCUT2D eigenvalue weighted by Gasteiger charge is 2.04. The van der Waals surface area contributed by atoms with Crippen LogP contribution in [-0.2, 0) is 7.05 Å². The fourth-order valence-electron chi connectivity index (χ4n) is 1.96. The Morgan fingerprint density at radius 3 is 2.48 bits per heavy atom. The van der Waals surface area contributed by atoms with Gasteiger partial charge in [0.25, 0.3) is 0 Å². The van der Waals surface area contributed by atoms with Crippen LogP contribution in [0, 0.1) is 6.92 Å². The maximum Gasteiger partial charge on any atom is 0.227 e. The second kappa shape index (κ2) is 5.54. The number of nitrogens with zero attached hydrogens (tertiary/aromatic N) is 4. The van der Waals surface area contributed by atoms with Crippen LogP contribution < -0.4 is 5.32 Å². The van der Waals surface area contributed by atoms with Crippen molar-refractivity contribution in [3.8, 4) is 11.1 Å². The second-order valence-corrected chi connectivity index (χ2v) is 5.19. The van der Waals surface area contributed by atoms with E-state index in [-0.39, 0.29) is 0 Å². The van der Waals surface area contributed by atoms with Gasteiger partial charge in [0.2, 0.25) is 5.95 Å². The Balaban J connectivity index is 1.79. The first-order valence-electron chi connectivity index (χ1n) is 6.46. The fourth-order valence-corrected chi connectivity index (χ4v) is 2.08. The molecule has 3 aromatic rings. The lowest BCUT2D eigenvalue weighted by Crippen LogP contribution is -1.97. The van der Waals surface area contributed by atoms with E-state index in [4.69, 9.17) is 11.6 Å². The molecule has 0 fully saturated rings. The van der Waals surface area contributed by atoms with Crippen LogP contribution in [0.2, 0.25) is 5.02 Å². The maximum atomic E-state index is 6.01. The van der Waals surface area contributed by atoms with E-state index in [0.717, 1.165) is 27.4 Å². The lowest BCUT2D eigenvalue weighted by atomic mass is 10.2. The summed E-state index contributed by atoms with van der Waals surface area (Å²) in [6, 6.07) is 5.71. The monoisotopic (exact) mass is 299 g/mol. The second-order valence-electron chi connectivity index (χ2n) is 4.79. The number of halogens is 1. The molecule has 0 aliphatic heterocycles. The van der Waals surface area contributed by atoms with Gasteiger partial charge in [-0.3, -0.25) is 4.68 Å². The van der Waals surface area contributed by atoms with Crippen molar-refractivity contribution in [1.29, 1.82) is 0 Å². The molecule has 0 saturated heterocycles. The minimum atomic E-state index is 0.546. The summed E-state index contributed by atoms with van der Waals surface area (Å²) in [4.78, 5) is 8.64. The summed E-state index contributed by atoms with van der Waals surface area (Å²) >= 11 is 6.01. The summed E-state index contributed by atoms with van der Waals surface area (Å²) in [5, 5.41) is 8.03. The largest absolute Gasteiger partial charge is 0.324 e. The third-order valence-electron chi connectivity index (χ3n) is 3.10. The van der Waals surface area contributed by atoms with Crippen molar-refractivity contribution in [3.63, 3.8) is 0 Å². The summed E-state index contributed by atoms with van der Waals surface area (Å²) in [5.41, 5.74) is 3.84. The van der Waals surface area contributed by atoms with E-state index >= 15 is 0 Å². The highest BCUT2D eigenvalue weighted by atomic mass is 35.5. The molecule has 2 heterocycles. The number of hydrogen-bond donors (Lipinski definition) is 1. The van der Waals surface area contributed by atoms with Crippen LogP contribution in [0.1, 0.15) is 5.56 Å². The molecule has 0 spiro atoms. The molecular weight excluding hydrogens is 286 g/mol. The molecule has 6 heteroatoms. The normalized spacial score (nSPS) is 10.6. The molecule has 0 bridgehead atoms. The SMILES string of the molecule is Cc1cc(Nc2ncc(-c3cnn(C)c3)cn2)ccc1Cl. The van der Waals surface area contributed by atoms with Crippen molar-refractivity contribution in [2.24, 2.45) is 7.05 Å². The van der Waals surface area contributed by atoms with Gasteiger partial charge in [-0.15, -0.1) is 0 Å². The van der Waals surface area contributed by atoms with Gasteiger partial charge in [0.05, 0.1) is 6.20 Å². The van der Waals surface area contributed by atoms with Gasteiger partial charge in [-0.2, -0.15) is 5.10 Å². The molecule has 0 radical (unpaired) electrons. The molecule has 0 aliphatic rings. The van der Waals surface area contributed by atoms with Gasteiger partial charge >= 0.3 is 0 Å². The van der Waals surface area contributed by atoms with Crippen molar-refractivity contribution in [1.82, 2.24) is 19.7 Å². The zero-order chi connectivity index (χ0) is 14.8. The molecule has 0 atom stereocenters. The maximum absolute atomic E-state index is 6.01. The van der Waals surface area contributed by atoms with Crippen molar-refractivity contribution in [2.45, 2.75) is 6.92 Å². The van der Waals surface area contributed by atoms with Crippen LogP contribution >= 0.6 is 11.6 Å². The molecule has 21 heavy (non-hydrogen) atoms. The molecule has 0 amide bonds. The van der Waals surface area contributed by atoms with Gasteiger partial charge in [-0.1, -0.05) is 11.6 Å². The molecule has 0 saturated carbocycles. The minimum absolute atomic E-state index is 0.546. The number of aromatic nitrogens is 4. The molecule has 0 aliphatic carbocycles. The lowest BCUT2D eigenvalue weighted by molar-refractivity contribution is 0.768. The van der Waals surface area contributed by atoms with Crippen LogP contribution in [0.3, 0.4) is 0 Å². The Labute approximate surface area is 127 Å². The Kier molecular flexibility index (Phi) is 3.58.